The molecule has 176 valence electrons. The van der Waals surface area contributed by atoms with Crippen LogP contribution in [-0.4, -0.2) is 83.1 Å². The van der Waals surface area contributed by atoms with E-state index in [1.54, 1.807) is 0 Å². The van der Waals surface area contributed by atoms with Gasteiger partial charge in [0.25, 0.3) is 0 Å². The molecule has 4 atom stereocenters. The van der Waals surface area contributed by atoms with Crippen LogP contribution in [0.25, 0.3) is 0 Å². The third-order valence-corrected chi connectivity index (χ3v) is 3.88. The standard InChI is InChI=1S/C16H30N8O7/c1-7(22-13(28)8(17)6-25)12(27)23-9(3-2-4-21-16(19)20)14(29)24-10(15(30)31)5-11(18)26/h7-10,25H,2-6,17H2,1H3,(H2,18,26)(H,22,28)(H,23,27)(H,24,29)(H,30,31)(H4,19,20,21). The summed E-state index contributed by atoms with van der Waals surface area (Å²) in [6, 6.07) is -5.19. The molecule has 0 spiro atoms. The lowest BCUT2D eigenvalue weighted by Crippen LogP contribution is -2.56. The first-order valence-electron chi connectivity index (χ1n) is 9.23. The number of primary amides is 1. The van der Waals surface area contributed by atoms with E-state index in [1.165, 1.54) is 6.92 Å². The molecule has 0 saturated carbocycles. The minimum atomic E-state index is -1.60. The molecule has 0 bridgehead atoms. The highest BCUT2D eigenvalue weighted by atomic mass is 16.4. The molecule has 0 aliphatic heterocycles. The Bertz CT molecular complexity index is 695. The van der Waals surface area contributed by atoms with Gasteiger partial charge in [-0.3, -0.25) is 24.2 Å². The Morgan fingerprint density at radius 2 is 1.52 bits per heavy atom. The number of carbonyl (C=O) groups excluding carboxylic acids is 4. The number of amides is 4. The molecule has 0 aliphatic carbocycles. The molecule has 31 heavy (non-hydrogen) atoms. The third-order valence-electron chi connectivity index (χ3n) is 3.88. The molecule has 0 aromatic rings. The van der Waals surface area contributed by atoms with Gasteiger partial charge >= 0.3 is 5.97 Å². The van der Waals surface area contributed by atoms with Gasteiger partial charge < -0.3 is 49.1 Å². The number of guanidine groups is 1. The second-order valence-electron chi connectivity index (χ2n) is 6.60. The fourth-order valence-corrected chi connectivity index (χ4v) is 2.21. The van der Waals surface area contributed by atoms with Crippen molar-refractivity contribution in [1.29, 1.82) is 0 Å². The lowest BCUT2D eigenvalue weighted by molar-refractivity contribution is -0.143. The average molecular weight is 446 g/mol. The van der Waals surface area contributed by atoms with Crippen molar-refractivity contribution in [2.24, 2.45) is 27.9 Å². The summed E-state index contributed by atoms with van der Waals surface area (Å²) in [5.74, 6) is -5.06. The Labute approximate surface area is 178 Å². The summed E-state index contributed by atoms with van der Waals surface area (Å²) in [4.78, 5) is 62.6. The molecule has 0 aromatic heterocycles. The van der Waals surface area contributed by atoms with E-state index in [0.717, 1.165) is 0 Å². The monoisotopic (exact) mass is 446 g/mol. The fraction of sp³-hybridized carbons (Fsp3) is 0.625. The number of carbonyl (C=O) groups is 5. The molecule has 0 aliphatic rings. The van der Waals surface area contributed by atoms with Crippen molar-refractivity contribution in [1.82, 2.24) is 16.0 Å². The summed E-state index contributed by atoms with van der Waals surface area (Å²) in [6.07, 6.45) is -0.407. The maximum Gasteiger partial charge on any atom is 0.326 e. The number of hydrogen-bond donors (Lipinski definition) is 9. The molecule has 0 fully saturated rings. The van der Waals surface area contributed by atoms with Crippen LogP contribution in [0.2, 0.25) is 0 Å². The number of rotatable bonds is 14. The molecule has 0 radical (unpaired) electrons. The minimum absolute atomic E-state index is 0.00802. The van der Waals surface area contributed by atoms with Crippen molar-refractivity contribution >= 4 is 35.6 Å². The molecule has 4 amide bonds. The molecule has 13 N–H and O–H groups in total. The summed E-state index contributed by atoms with van der Waals surface area (Å²) < 4.78 is 0. The Hall–Kier alpha value is -3.46. The largest absolute Gasteiger partial charge is 0.480 e. The Morgan fingerprint density at radius 1 is 0.935 bits per heavy atom. The van der Waals surface area contributed by atoms with Gasteiger partial charge in [-0.05, 0) is 19.8 Å². The lowest BCUT2D eigenvalue weighted by Gasteiger charge is -2.23. The number of aliphatic hydroxyl groups is 1. The van der Waals surface area contributed by atoms with Crippen LogP contribution in [0.15, 0.2) is 4.99 Å². The van der Waals surface area contributed by atoms with E-state index in [2.05, 4.69) is 20.9 Å². The quantitative estimate of drug-likeness (QED) is 0.0694. The number of aliphatic carboxylic acids is 1. The Morgan fingerprint density at radius 3 is 2.00 bits per heavy atom. The van der Waals surface area contributed by atoms with E-state index in [1.807, 2.05) is 0 Å². The number of nitrogens with one attached hydrogen (secondary N) is 3. The molecule has 0 heterocycles. The lowest BCUT2D eigenvalue weighted by atomic mass is 10.1. The first-order valence-corrected chi connectivity index (χ1v) is 9.23. The van der Waals surface area contributed by atoms with E-state index in [-0.39, 0.29) is 25.3 Å². The number of nitrogens with zero attached hydrogens (tertiary/aromatic N) is 1. The summed E-state index contributed by atoms with van der Waals surface area (Å²) in [5, 5.41) is 24.8. The SMILES string of the molecule is CC(NC(=O)C(N)CO)C(=O)NC(CCCN=C(N)N)C(=O)NC(CC(N)=O)C(=O)O. The molecular formula is C16H30N8O7. The second-order valence-corrected chi connectivity index (χ2v) is 6.60. The smallest absolute Gasteiger partial charge is 0.326 e. The van der Waals surface area contributed by atoms with Gasteiger partial charge in [0, 0.05) is 6.54 Å². The maximum atomic E-state index is 12.5. The summed E-state index contributed by atoms with van der Waals surface area (Å²) in [5.41, 5.74) is 20.8. The third kappa shape index (κ3) is 11.3. The van der Waals surface area contributed by atoms with E-state index in [0.29, 0.717) is 0 Å². The highest BCUT2D eigenvalue weighted by Crippen LogP contribution is 2.02. The van der Waals surface area contributed by atoms with Crippen molar-refractivity contribution in [3.05, 3.63) is 0 Å². The van der Waals surface area contributed by atoms with Gasteiger partial charge in [0.1, 0.15) is 24.2 Å². The average Bonchev–Trinajstić information content (AvgIpc) is 2.67. The van der Waals surface area contributed by atoms with Crippen molar-refractivity contribution in [2.45, 2.75) is 50.4 Å². The van der Waals surface area contributed by atoms with Gasteiger partial charge in [-0.15, -0.1) is 0 Å². The molecular weight excluding hydrogens is 416 g/mol. The predicted molar refractivity (Wildman–Crippen MR) is 108 cm³/mol. The van der Waals surface area contributed by atoms with Crippen LogP contribution in [0.3, 0.4) is 0 Å². The van der Waals surface area contributed by atoms with E-state index in [4.69, 9.17) is 33.1 Å². The molecule has 15 nitrogen and oxygen atoms in total. The summed E-state index contributed by atoms with van der Waals surface area (Å²) in [6.45, 7) is 0.814. The molecule has 0 saturated heterocycles. The van der Waals surface area contributed by atoms with Gasteiger partial charge in [0.05, 0.1) is 13.0 Å². The van der Waals surface area contributed by atoms with Crippen LogP contribution in [0.1, 0.15) is 26.2 Å². The van der Waals surface area contributed by atoms with Crippen molar-refractivity contribution in [2.75, 3.05) is 13.2 Å². The molecule has 15 heteroatoms. The number of aliphatic hydroxyl groups excluding tert-OH is 1. The van der Waals surface area contributed by atoms with Gasteiger partial charge in [-0.25, -0.2) is 4.79 Å². The van der Waals surface area contributed by atoms with E-state index in [9.17, 15) is 24.0 Å². The number of hydrogen-bond acceptors (Lipinski definition) is 8. The first kappa shape index (κ1) is 27.5. The maximum absolute atomic E-state index is 12.5. The van der Waals surface area contributed by atoms with Crippen LogP contribution < -0.4 is 38.9 Å². The summed E-state index contributed by atoms with van der Waals surface area (Å²) >= 11 is 0. The summed E-state index contributed by atoms with van der Waals surface area (Å²) in [7, 11) is 0. The van der Waals surface area contributed by atoms with Gasteiger partial charge in [-0.2, -0.15) is 0 Å². The number of aliphatic imine (C=N–C) groups is 1. The zero-order chi connectivity index (χ0) is 24.1. The Balaban J connectivity index is 5.25. The second kappa shape index (κ2) is 13.7. The van der Waals surface area contributed by atoms with Gasteiger partial charge in [0.2, 0.25) is 23.6 Å². The Kier molecular flexibility index (Phi) is 12.2. The van der Waals surface area contributed by atoms with Crippen LogP contribution in [0.4, 0.5) is 0 Å². The predicted octanol–water partition coefficient (Wildman–Crippen LogP) is -5.21. The zero-order valence-electron chi connectivity index (χ0n) is 17.0. The number of carboxylic acid groups (broad SMARTS) is 1. The van der Waals surface area contributed by atoms with Gasteiger partial charge in [-0.1, -0.05) is 0 Å². The van der Waals surface area contributed by atoms with Crippen LogP contribution >= 0.6 is 0 Å². The number of nitrogens with two attached hydrogens (primary N) is 4. The van der Waals surface area contributed by atoms with Crippen molar-refractivity contribution in [3.63, 3.8) is 0 Å². The van der Waals surface area contributed by atoms with Crippen LogP contribution in [-0.2, 0) is 24.0 Å². The van der Waals surface area contributed by atoms with E-state index < -0.39 is 66.8 Å². The normalized spacial score (nSPS) is 14.3. The van der Waals surface area contributed by atoms with Gasteiger partial charge in [0.15, 0.2) is 5.96 Å². The first-order chi connectivity index (χ1) is 14.4. The molecule has 4 unspecified atom stereocenters. The topological polar surface area (TPSA) is 278 Å². The van der Waals surface area contributed by atoms with Crippen LogP contribution in [0, 0.1) is 0 Å². The van der Waals surface area contributed by atoms with Crippen molar-refractivity contribution < 1.29 is 34.2 Å². The highest BCUT2D eigenvalue weighted by molar-refractivity contribution is 5.94. The van der Waals surface area contributed by atoms with Crippen LogP contribution in [0.5, 0.6) is 0 Å². The highest BCUT2D eigenvalue weighted by Gasteiger charge is 2.29. The van der Waals surface area contributed by atoms with Crippen molar-refractivity contribution in [3.8, 4) is 0 Å². The number of carboxylic acids is 1. The fourth-order valence-electron chi connectivity index (χ4n) is 2.21. The minimum Gasteiger partial charge on any atom is -0.480 e. The van der Waals surface area contributed by atoms with E-state index >= 15 is 0 Å². The zero-order valence-corrected chi connectivity index (χ0v) is 17.0. The molecule has 0 rings (SSSR count). The molecule has 0 aromatic carbocycles.